The van der Waals surface area contributed by atoms with Crippen molar-refractivity contribution in [2.75, 3.05) is 10.6 Å². The fourth-order valence-electron chi connectivity index (χ4n) is 2.47. The molecule has 2 amide bonds. The molecule has 2 aromatic carbocycles. The van der Waals surface area contributed by atoms with E-state index < -0.39 is 11.7 Å². The van der Waals surface area contributed by atoms with E-state index in [9.17, 15) is 9.59 Å². The normalized spacial score (nSPS) is 11.3. The van der Waals surface area contributed by atoms with E-state index in [0.717, 1.165) is 20.4 Å². The van der Waals surface area contributed by atoms with Crippen LogP contribution in [0.15, 0.2) is 40.9 Å². The number of hydrogen-bond donors (Lipinski definition) is 2. The Labute approximate surface area is 175 Å². The molecular weight excluding hydrogens is 442 g/mol. The smallest absolute Gasteiger partial charge is 0.413 e. The number of ether oxygens (including phenoxy) is 1. The average molecular weight is 462 g/mol. The highest BCUT2D eigenvalue weighted by Gasteiger charge is 2.18. The van der Waals surface area contributed by atoms with Crippen LogP contribution in [0.2, 0.25) is 0 Å². The van der Waals surface area contributed by atoms with Crippen molar-refractivity contribution >= 4 is 60.3 Å². The van der Waals surface area contributed by atoms with Crippen molar-refractivity contribution in [3.8, 4) is 0 Å². The lowest BCUT2D eigenvalue weighted by Crippen LogP contribution is -2.27. The molecule has 0 bridgehead atoms. The molecule has 0 radical (unpaired) electrons. The van der Waals surface area contributed by atoms with E-state index in [1.54, 1.807) is 39.0 Å². The van der Waals surface area contributed by atoms with Crippen LogP contribution in [-0.2, 0) is 4.74 Å². The summed E-state index contributed by atoms with van der Waals surface area (Å²) in [6.07, 6.45) is -0.560. The molecule has 3 aromatic rings. The quantitative estimate of drug-likeness (QED) is 0.503. The zero-order chi connectivity index (χ0) is 20.5. The van der Waals surface area contributed by atoms with Crippen molar-refractivity contribution in [2.45, 2.75) is 33.3 Å². The molecule has 0 spiro atoms. The second-order valence-corrected chi connectivity index (χ2v) is 9.19. The van der Waals surface area contributed by atoms with Crippen molar-refractivity contribution in [3.63, 3.8) is 0 Å². The van der Waals surface area contributed by atoms with Gasteiger partial charge in [0.1, 0.15) is 5.60 Å². The molecule has 8 heteroatoms. The first-order valence-corrected chi connectivity index (χ1v) is 10.2. The molecule has 0 saturated heterocycles. The number of nitrogens with one attached hydrogen (secondary N) is 2. The van der Waals surface area contributed by atoms with Crippen molar-refractivity contribution in [1.29, 1.82) is 0 Å². The number of benzene rings is 2. The molecule has 1 heterocycles. The predicted octanol–water partition coefficient (Wildman–Crippen LogP) is 5.97. The van der Waals surface area contributed by atoms with Crippen molar-refractivity contribution in [2.24, 2.45) is 0 Å². The third-order valence-electron chi connectivity index (χ3n) is 3.70. The SMILES string of the molecule is Cc1cc(Br)ccc1NC(=O)c1ccc2nc(NC(=O)OC(C)(C)C)sc2c1. The third-order valence-corrected chi connectivity index (χ3v) is 5.12. The Bertz CT molecular complexity index is 1060. The summed E-state index contributed by atoms with van der Waals surface area (Å²) >= 11 is 4.70. The van der Waals surface area contributed by atoms with E-state index in [-0.39, 0.29) is 5.91 Å². The largest absolute Gasteiger partial charge is 0.444 e. The van der Waals surface area contributed by atoms with Crippen LogP contribution in [0, 0.1) is 6.92 Å². The zero-order valence-electron chi connectivity index (χ0n) is 15.9. The molecule has 0 saturated carbocycles. The fraction of sp³-hybridized carbons (Fsp3) is 0.250. The third kappa shape index (κ3) is 5.08. The molecule has 0 unspecified atom stereocenters. The maximum atomic E-state index is 12.6. The summed E-state index contributed by atoms with van der Waals surface area (Å²) in [5.74, 6) is -0.206. The van der Waals surface area contributed by atoms with Gasteiger partial charge in [-0.2, -0.15) is 0 Å². The Morgan fingerprint density at radius 2 is 1.86 bits per heavy atom. The minimum absolute atomic E-state index is 0.206. The van der Waals surface area contributed by atoms with Crippen LogP contribution < -0.4 is 10.6 Å². The predicted molar refractivity (Wildman–Crippen MR) is 116 cm³/mol. The van der Waals surface area contributed by atoms with Gasteiger partial charge in [-0.05, 0) is 69.7 Å². The minimum atomic E-state index is -0.586. The Hall–Kier alpha value is -2.45. The molecule has 0 aliphatic carbocycles. The number of amides is 2. The summed E-state index contributed by atoms with van der Waals surface area (Å²) in [7, 11) is 0. The summed E-state index contributed by atoms with van der Waals surface area (Å²) in [5, 5.41) is 5.97. The first-order chi connectivity index (χ1) is 13.1. The van der Waals surface area contributed by atoms with Crippen LogP contribution in [0.4, 0.5) is 15.6 Å². The lowest BCUT2D eigenvalue weighted by Gasteiger charge is -2.18. The van der Waals surface area contributed by atoms with Crippen LogP contribution in [-0.4, -0.2) is 22.6 Å². The van der Waals surface area contributed by atoms with Gasteiger partial charge < -0.3 is 10.1 Å². The number of aryl methyl sites for hydroxylation is 1. The van der Waals surface area contributed by atoms with Gasteiger partial charge in [0.25, 0.3) is 5.91 Å². The molecule has 2 N–H and O–H groups in total. The maximum Gasteiger partial charge on any atom is 0.413 e. The van der Waals surface area contributed by atoms with Gasteiger partial charge in [0.15, 0.2) is 5.13 Å². The summed E-state index contributed by atoms with van der Waals surface area (Å²) in [6, 6.07) is 10.9. The molecule has 146 valence electrons. The summed E-state index contributed by atoms with van der Waals surface area (Å²) in [4.78, 5) is 28.9. The van der Waals surface area contributed by atoms with Crippen LogP contribution in [0.1, 0.15) is 36.7 Å². The van der Waals surface area contributed by atoms with E-state index in [2.05, 4.69) is 31.5 Å². The molecule has 0 fully saturated rings. The molecule has 6 nitrogen and oxygen atoms in total. The zero-order valence-corrected chi connectivity index (χ0v) is 18.3. The number of carbonyl (C=O) groups is 2. The lowest BCUT2D eigenvalue weighted by atomic mass is 10.1. The minimum Gasteiger partial charge on any atom is -0.444 e. The second-order valence-electron chi connectivity index (χ2n) is 7.24. The molecule has 1 aromatic heterocycles. The Kier molecular flexibility index (Phi) is 5.71. The number of nitrogens with zero attached hydrogens (tertiary/aromatic N) is 1. The Balaban J connectivity index is 1.76. The van der Waals surface area contributed by atoms with Gasteiger partial charge in [0.05, 0.1) is 10.2 Å². The van der Waals surface area contributed by atoms with E-state index in [1.807, 2.05) is 25.1 Å². The number of anilines is 2. The average Bonchev–Trinajstić information content (AvgIpc) is 2.96. The number of thiazole rings is 1. The second kappa shape index (κ2) is 7.89. The van der Waals surface area contributed by atoms with Crippen molar-refractivity contribution in [1.82, 2.24) is 4.98 Å². The van der Waals surface area contributed by atoms with Crippen LogP contribution in [0.25, 0.3) is 10.2 Å². The van der Waals surface area contributed by atoms with E-state index in [0.29, 0.717) is 16.2 Å². The molecule has 3 rings (SSSR count). The Morgan fingerprint density at radius 3 is 2.54 bits per heavy atom. The van der Waals surface area contributed by atoms with E-state index in [4.69, 9.17) is 4.74 Å². The monoisotopic (exact) mass is 461 g/mol. The highest BCUT2D eigenvalue weighted by Crippen LogP contribution is 2.28. The van der Waals surface area contributed by atoms with Crippen LogP contribution in [0.3, 0.4) is 0 Å². The molecule has 0 aliphatic heterocycles. The number of fused-ring (bicyclic) bond motifs is 1. The topological polar surface area (TPSA) is 80.3 Å². The van der Waals surface area contributed by atoms with Crippen molar-refractivity contribution in [3.05, 3.63) is 52.0 Å². The molecular formula is C20H20BrN3O3S. The molecule has 0 aliphatic rings. The van der Waals surface area contributed by atoms with Gasteiger partial charge in [-0.25, -0.2) is 9.78 Å². The summed E-state index contributed by atoms with van der Waals surface area (Å²) in [6.45, 7) is 7.32. The number of carbonyl (C=O) groups excluding carboxylic acids is 2. The van der Waals surface area contributed by atoms with Gasteiger partial charge in [-0.15, -0.1) is 0 Å². The number of rotatable bonds is 3. The van der Waals surface area contributed by atoms with Crippen LogP contribution >= 0.6 is 27.3 Å². The van der Waals surface area contributed by atoms with Gasteiger partial charge in [-0.3, -0.25) is 10.1 Å². The fourth-order valence-corrected chi connectivity index (χ4v) is 3.84. The first-order valence-electron chi connectivity index (χ1n) is 8.59. The van der Waals surface area contributed by atoms with Gasteiger partial charge in [-0.1, -0.05) is 27.3 Å². The van der Waals surface area contributed by atoms with Gasteiger partial charge in [0.2, 0.25) is 0 Å². The summed E-state index contributed by atoms with van der Waals surface area (Å²) < 4.78 is 6.99. The first kappa shape index (κ1) is 20.3. The van der Waals surface area contributed by atoms with E-state index in [1.165, 1.54) is 11.3 Å². The highest BCUT2D eigenvalue weighted by molar-refractivity contribution is 9.10. The standard InChI is InChI=1S/C20H20BrN3O3S/c1-11-9-13(21)6-8-14(11)22-17(25)12-5-7-15-16(10-12)28-18(23-15)24-19(26)27-20(2,3)4/h5-10H,1-4H3,(H,22,25)(H,23,24,26). The molecule has 28 heavy (non-hydrogen) atoms. The summed E-state index contributed by atoms with van der Waals surface area (Å²) in [5.41, 5.74) is 2.35. The van der Waals surface area contributed by atoms with Crippen molar-refractivity contribution < 1.29 is 14.3 Å². The highest BCUT2D eigenvalue weighted by atomic mass is 79.9. The molecule has 0 atom stereocenters. The van der Waals surface area contributed by atoms with Crippen LogP contribution in [0.5, 0.6) is 0 Å². The Morgan fingerprint density at radius 1 is 1.11 bits per heavy atom. The number of halogens is 1. The lowest BCUT2D eigenvalue weighted by molar-refractivity contribution is 0.0635. The van der Waals surface area contributed by atoms with Gasteiger partial charge >= 0.3 is 6.09 Å². The van der Waals surface area contributed by atoms with Gasteiger partial charge in [0, 0.05) is 15.7 Å². The maximum absolute atomic E-state index is 12.6. The number of hydrogen-bond acceptors (Lipinski definition) is 5. The number of aromatic nitrogens is 1. The van der Waals surface area contributed by atoms with E-state index >= 15 is 0 Å².